The minimum absolute atomic E-state index is 0.0321. The Bertz CT molecular complexity index is 665. The molecular weight excluding hydrogens is 330 g/mol. The predicted octanol–water partition coefficient (Wildman–Crippen LogP) is 1.40. The lowest BCUT2D eigenvalue weighted by Gasteiger charge is -2.49. The molecule has 1 amide bonds. The molecule has 7 heteroatoms. The van der Waals surface area contributed by atoms with Gasteiger partial charge in [-0.05, 0) is 38.6 Å². The van der Waals surface area contributed by atoms with Gasteiger partial charge in [-0.2, -0.15) is 0 Å². The van der Waals surface area contributed by atoms with E-state index in [-0.39, 0.29) is 5.54 Å². The van der Waals surface area contributed by atoms with E-state index in [0.29, 0.717) is 18.2 Å². The van der Waals surface area contributed by atoms with Crippen LogP contribution in [0.25, 0.3) is 0 Å². The minimum Gasteiger partial charge on any atom is -0.481 e. The van der Waals surface area contributed by atoms with E-state index < -0.39 is 0 Å². The topological polar surface area (TPSA) is 61.8 Å². The van der Waals surface area contributed by atoms with Crippen molar-refractivity contribution in [1.29, 1.82) is 0 Å². The van der Waals surface area contributed by atoms with Gasteiger partial charge in [-0.1, -0.05) is 0 Å². The second kappa shape index (κ2) is 7.02. The lowest BCUT2D eigenvalue weighted by molar-refractivity contribution is -0.130. The zero-order valence-corrected chi connectivity index (χ0v) is 15.9. The van der Waals surface area contributed by atoms with Crippen molar-refractivity contribution in [3.05, 3.63) is 12.4 Å². The van der Waals surface area contributed by atoms with Crippen LogP contribution in [-0.2, 0) is 4.79 Å². The van der Waals surface area contributed by atoms with Crippen LogP contribution < -0.4 is 9.64 Å². The molecule has 1 aromatic heterocycles. The average molecular weight is 359 g/mol. The second-order valence-corrected chi connectivity index (χ2v) is 8.02. The van der Waals surface area contributed by atoms with E-state index in [1.54, 1.807) is 13.4 Å². The van der Waals surface area contributed by atoms with Crippen molar-refractivity contribution in [1.82, 2.24) is 19.8 Å². The van der Waals surface area contributed by atoms with Crippen molar-refractivity contribution in [2.45, 2.75) is 37.6 Å². The summed E-state index contributed by atoms with van der Waals surface area (Å²) < 4.78 is 5.26. The molecule has 1 aromatic rings. The molecule has 0 N–H and O–H groups in total. The van der Waals surface area contributed by atoms with Gasteiger partial charge in [0, 0.05) is 50.7 Å². The maximum Gasteiger partial charge on any atom is 0.222 e. The van der Waals surface area contributed by atoms with Crippen LogP contribution in [0, 0.1) is 5.92 Å². The molecule has 2 aliphatic heterocycles. The highest BCUT2D eigenvalue weighted by atomic mass is 16.5. The molecule has 3 heterocycles. The number of likely N-dealkylation sites (tertiary alicyclic amines) is 1. The minimum atomic E-state index is 0.0321. The van der Waals surface area contributed by atoms with Gasteiger partial charge >= 0.3 is 0 Å². The van der Waals surface area contributed by atoms with Crippen molar-refractivity contribution in [3.8, 4) is 5.88 Å². The first-order valence-corrected chi connectivity index (χ1v) is 9.70. The van der Waals surface area contributed by atoms with Gasteiger partial charge in [-0.25, -0.2) is 9.97 Å². The zero-order chi connectivity index (χ0) is 18.1. The Morgan fingerprint density at radius 1 is 1.23 bits per heavy atom. The third-order valence-corrected chi connectivity index (χ3v) is 6.34. The summed E-state index contributed by atoms with van der Waals surface area (Å²) >= 11 is 0. The number of methoxy groups -OCH3 is 1. The first-order valence-electron chi connectivity index (χ1n) is 9.70. The van der Waals surface area contributed by atoms with Crippen LogP contribution in [0.1, 0.15) is 32.1 Å². The van der Waals surface area contributed by atoms with Gasteiger partial charge in [0.15, 0.2) is 0 Å². The molecule has 4 rings (SSSR count). The number of aromatic nitrogens is 2. The van der Waals surface area contributed by atoms with Gasteiger partial charge in [0.2, 0.25) is 11.8 Å². The summed E-state index contributed by atoms with van der Waals surface area (Å²) in [6.07, 6.45) is 6.74. The van der Waals surface area contributed by atoms with Gasteiger partial charge in [-0.15, -0.1) is 0 Å². The van der Waals surface area contributed by atoms with Gasteiger partial charge in [0.1, 0.15) is 12.1 Å². The van der Waals surface area contributed by atoms with Crippen molar-refractivity contribution in [2.75, 3.05) is 51.8 Å². The molecule has 1 saturated carbocycles. The predicted molar refractivity (Wildman–Crippen MR) is 99.3 cm³/mol. The molecule has 0 bridgehead atoms. The van der Waals surface area contributed by atoms with Crippen molar-refractivity contribution in [2.24, 2.45) is 5.92 Å². The Kier molecular flexibility index (Phi) is 4.73. The van der Waals surface area contributed by atoms with E-state index in [2.05, 4.69) is 31.7 Å². The number of carbonyl (C=O) groups is 1. The fraction of sp³-hybridized carbons (Fsp3) is 0.737. The number of hydrogen-bond donors (Lipinski definition) is 0. The number of carbonyl (C=O) groups excluding carboxylic acids is 1. The number of amides is 1. The van der Waals surface area contributed by atoms with E-state index >= 15 is 0 Å². The van der Waals surface area contributed by atoms with Crippen LogP contribution in [0.5, 0.6) is 5.88 Å². The smallest absolute Gasteiger partial charge is 0.222 e. The van der Waals surface area contributed by atoms with Crippen LogP contribution in [0.2, 0.25) is 0 Å². The van der Waals surface area contributed by atoms with E-state index in [1.807, 2.05) is 6.07 Å². The first kappa shape index (κ1) is 17.5. The SMILES string of the molecule is COc1cc(N2CCN(C)C3(CCC(=O)N(CC4CC4)CC3)C2)ncn1. The molecule has 0 aromatic carbocycles. The van der Waals surface area contributed by atoms with Gasteiger partial charge in [-0.3, -0.25) is 9.69 Å². The molecular formula is C19H29N5O2. The average Bonchev–Trinajstić information content (AvgIpc) is 3.50. The maximum absolute atomic E-state index is 12.6. The quantitative estimate of drug-likeness (QED) is 0.810. The Balaban J connectivity index is 1.50. The van der Waals surface area contributed by atoms with Crippen molar-refractivity contribution >= 4 is 11.7 Å². The molecule has 3 fully saturated rings. The third kappa shape index (κ3) is 3.49. The number of nitrogens with zero attached hydrogens (tertiary/aromatic N) is 5. The molecule has 0 radical (unpaired) electrons. The molecule has 26 heavy (non-hydrogen) atoms. The first-order chi connectivity index (χ1) is 12.6. The Hall–Kier alpha value is -1.89. The van der Waals surface area contributed by atoms with Crippen molar-refractivity contribution in [3.63, 3.8) is 0 Å². The standard InChI is InChI=1S/C19H29N5O2/c1-22-9-10-24(16-11-17(26-2)21-14-20-16)13-19(22)6-5-18(25)23(8-7-19)12-15-3-4-15/h11,14-15H,3-10,12-13H2,1-2H3. The van der Waals surface area contributed by atoms with Crippen LogP contribution >= 0.6 is 0 Å². The van der Waals surface area contributed by atoms with E-state index in [0.717, 1.165) is 57.3 Å². The number of likely N-dealkylation sites (N-methyl/N-ethyl adjacent to an activating group) is 1. The lowest BCUT2D eigenvalue weighted by atomic mass is 9.86. The molecule has 1 spiro atoms. The number of ether oxygens (including phenoxy) is 1. The maximum atomic E-state index is 12.6. The molecule has 2 saturated heterocycles. The summed E-state index contributed by atoms with van der Waals surface area (Å²) in [5.41, 5.74) is 0.0321. The molecule has 1 aliphatic carbocycles. The van der Waals surface area contributed by atoms with E-state index in [4.69, 9.17) is 4.74 Å². The highest BCUT2D eigenvalue weighted by Gasteiger charge is 2.43. The normalized spacial score (nSPS) is 27.7. The zero-order valence-electron chi connectivity index (χ0n) is 15.9. The van der Waals surface area contributed by atoms with Gasteiger partial charge in [0.05, 0.1) is 7.11 Å². The monoisotopic (exact) mass is 359 g/mol. The third-order valence-electron chi connectivity index (χ3n) is 6.34. The fourth-order valence-corrected chi connectivity index (χ4v) is 4.31. The molecule has 7 nitrogen and oxygen atoms in total. The Morgan fingerprint density at radius 2 is 2.08 bits per heavy atom. The highest BCUT2D eigenvalue weighted by molar-refractivity contribution is 5.76. The molecule has 1 atom stereocenters. The van der Waals surface area contributed by atoms with E-state index in [1.165, 1.54) is 12.8 Å². The van der Waals surface area contributed by atoms with E-state index in [9.17, 15) is 4.79 Å². The number of piperazine rings is 1. The van der Waals surface area contributed by atoms with Crippen LogP contribution in [0.4, 0.5) is 5.82 Å². The fourth-order valence-electron chi connectivity index (χ4n) is 4.31. The largest absolute Gasteiger partial charge is 0.481 e. The summed E-state index contributed by atoms with van der Waals surface area (Å²) in [6.45, 7) is 4.64. The van der Waals surface area contributed by atoms with Crippen molar-refractivity contribution < 1.29 is 9.53 Å². The molecule has 1 unspecified atom stereocenters. The Morgan fingerprint density at radius 3 is 2.85 bits per heavy atom. The number of anilines is 1. The number of hydrogen-bond acceptors (Lipinski definition) is 6. The molecule has 142 valence electrons. The highest BCUT2D eigenvalue weighted by Crippen LogP contribution is 2.36. The lowest BCUT2D eigenvalue weighted by Crippen LogP contribution is -2.61. The number of rotatable bonds is 4. The summed E-state index contributed by atoms with van der Waals surface area (Å²) in [5.74, 6) is 2.59. The summed E-state index contributed by atoms with van der Waals surface area (Å²) in [4.78, 5) is 28.1. The summed E-state index contributed by atoms with van der Waals surface area (Å²) in [5, 5.41) is 0. The van der Waals surface area contributed by atoms with Crippen LogP contribution in [0.15, 0.2) is 12.4 Å². The molecule has 3 aliphatic rings. The summed E-state index contributed by atoms with van der Waals surface area (Å²) in [7, 11) is 3.84. The van der Waals surface area contributed by atoms with Crippen LogP contribution in [-0.4, -0.2) is 78.1 Å². The van der Waals surface area contributed by atoms with Crippen LogP contribution in [0.3, 0.4) is 0 Å². The summed E-state index contributed by atoms with van der Waals surface area (Å²) in [6, 6.07) is 1.90. The van der Waals surface area contributed by atoms with Gasteiger partial charge < -0.3 is 14.5 Å². The second-order valence-electron chi connectivity index (χ2n) is 8.02. The Labute approximate surface area is 155 Å². The van der Waals surface area contributed by atoms with Gasteiger partial charge in [0.25, 0.3) is 0 Å².